The van der Waals surface area contributed by atoms with Crippen molar-refractivity contribution in [2.24, 2.45) is 0 Å². The Morgan fingerprint density at radius 1 is 1.38 bits per heavy atom. The van der Waals surface area contributed by atoms with Crippen molar-refractivity contribution in [3.8, 4) is 0 Å². The van der Waals surface area contributed by atoms with Gasteiger partial charge in [-0.3, -0.25) is 0 Å². The highest BCUT2D eigenvalue weighted by atomic mass is 16.6. The molecule has 0 bridgehead atoms. The molecule has 0 aliphatic heterocycles. The first kappa shape index (κ1) is 10.4. The van der Waals surface area contributed by atoms with E-state index < -0.39 is 5.95 Å². The van der Waals surface area contributed by atoms with Gasteiger partial charge in [0.1, 0.15) is 5.95 Å². The molecule has 1 aromatic heterocycles. The molecule has 0 aliphatic carbocycles. The van der Waals surface area contributed by atoms with Crippen LogP contribution < -0.4 is 14.8 Å². The van der Waals surface area contributed by atoms with Crippen LogP contribution in [-0.2, 0) is 4.74 Å². The van der Waals surface area contributed by atoms with Gasteiger partial charge in [0.05, 0.1) is 0 Å². The van der Waals surface area contributed by atoms with Gasteiger partial charge in [-0.1, -0.05) is 29.5 Å². The summed E-state index contributed by atoms with van der Waals surface area (Å²) in [6.45, 7) is 2.05. The molecule has 1 aromatic carbocycles. The number of aromatic nitrogens is 1. The van der Waals surface area contributed by atoms with Crippen molar-refractivity contribution >= 4 is 16.7 Å². The number of nitrogens with one attached hydrogen (secondary N) is 1. The van der Waals surface area contributed by atoms with E-state index in [4.69, 9.17) is 10.3 Å². The molecule has 0 radical (unpaired) electrons. The number of hydrogen-bond acceptors (Lipinski definition) is 3. The van der Waals surface area contributed by atoms with Crippen molar-refractivity contribution in [1.29, 1.82) is 5.53 Å². The van der Waals surface area contributed by atoms with E-state index in [1.165, 1.54) is 0 Å². The third kappa shape index (κ3) is 1.82. The van der Waals surface area contributed by atoms with Crippen LogP contribution in [0.1, 0.15) is 6.92 Å². The monoisotopic (exact) mass is 216 g/mol. The van der Waals surface area contributed by atoms with Crippen LogP contribution in [0.4, 0.5) is 0 Å². The Morgan fingerprint density at radius 3 is 2.75 bits per heavy atom. The van der Waals surface area contributed by atoms with E-state index in [-0.39, 0.29) is 5.35 Å². The largest absolute Gasteiger partial charge is 0.609 e. The van der Waals surface area contributed by atoms with E-state index >= 15 is 0 Å². The summed E-state index contributed by atoms with van der Waals surface area (Å²) >= 11 is 0. The van der Waals surface area contributed by atoms with Crippen molar-refractivity contribution in [2.75, 3.05) is 6.61 Å². The molecule has 0 aliphatic rings. The molecule has 0 unspecified atom stereocenters. The molecule has 0 saturated carbocycles. The molecular weight excluding hydrogens is 204 g/mol. The van der Waals surface area contributed by atoms with E-state index in [1.54, 1.807) is 19.2 Å². The second-order valence-corrected chi connectivity index (χ2v) is 3.38. The van der Waals surface area contributed by atoms with Crippen LogP contribution in [0.3, 0.4) is 0 Å². The average molecular weight is 216 g/mol. The minimum atomic E-state index is -0.469. The van der Waals surface area contributed by atoms with Gasteiger partial charge in [0, 0.05) is 11.5 Å². The van der Waals surface area contributed by atoms with Gasteiger partial charge in [-0.2, -0.15) is 0 Å². The third-order valence-electron chi connectivity index (χ3n) is 2.30. The summed E-state index contributed by atoms with van der Waals surface area (Å²) in [7, 11) is 0. The lowest BCUT2D eigenvalue weighted by Crippen LogP contribution is -2.40. The zero-order chi connectivity index (χ0) is 11.5. The highest BCUT2D eigenvalue weighted by molar-refractivity contribution is 5.80. The summed E-state index contributed by atoms with van der Waals surface area (Å²) in [4.78, 5) is 0. The van der Waals surface area contributed by atoms with E-state index in [0.717, 1.165) is 15.1 Å². The van der Waals surface area contributed by atoms with Gasteiger partial charge in [-0.05, 0) is 23.6 Å². The first-order chi connectivity index (χ1) is 7.72. The molecule has 0 spiro atoms. The maximum Gasteiger partial charge on any atom is 0.259 e. The molecule has 0 fully saturated rings. The number of rotatable bonds is 2. The molecule has 82 valence electrons. The van der Waals surface area contributed by atoms with Crippen molar-refractivity contribution in [2.45, 2.75) is 6.92 Å². The van der Waals surface area contributed by atoms with Gasteiger partial charge in [0.2, 0.25) is 6.20 Å². The normalized spacial score (nSPS) is 12.6. The molecule has 0 amide bonds. The Kier molecular flexibility index (Phi) is 2.72. The SMILES string of the molecule is CCO/C([O-])=c1/cc2ccccc2c[n+]1=N. The molecule has 4 heteroatoms. The Balaban J connectivity index is 2.77. The molecule has 1 heterocycles. The van der Waals surface area contributed by atoms with Crippen LogP contribution >= 0.6 is 0 Å². The van der Waals surface area contributed by atoms with Gasteiger partial charge in [-0.25, -0.2) is 0 Å². The molecule has 0 saturated heterocycles. The molecule has 0 atom stereocenters. The van der Waals surface area contributed by atoms with Gasteiger partial charge < -0.3 is 9.84 Å². The first-order valence-electron chi connectivity index (χ1n) is 5.05. The highest BCUT2D eigenvalue weighted by Crippen LogP contribution is 2.07. The van der Waals surface area contributed by atoms with Crippen LogP contribution in [0, 0.1) is 5.53 Å². The lowest BCUT2D eigenvalue weighted by Gasteiger charge is -2.08. The predicted octanol–water partition coefficient (Wildman–Crippen LogP) is 0.200. The lowest BCUT2D eigenvalue weighted by molar-refractivity contribution is -0.588. The summed E-state index contributed by atoms with van der Waals surface area (Å²) in [6, 6.07) is 9.26. The molecule has 1 N–H and O–H groups in total. The van der Waals surface area contributed by atoms with E-state index in [1.807, 2.05) is 24.3 Å². The van der Waals surface area contributed by atoms with Gasteiger partial charge in [-0.15, -0.1) is 0 Å². The fraction of sp³-hybridized carbons (Fsp3) is 0.167. The summed E-state index contributed by atoms with van der Waals surface area (Å²) < 4.78 is 5.92. The lowest BCUT2D eigenvalue weighted by atomic mass is 10.2. The molecular formula is C12H12N2O2. The maximum atomic E-state index is 11.5. The van der Waals surface area contributed by atoms with Gasteiger partial charge in [0.25, 0.3) is 5.35 Å². The Labute approximate surface area is 92.5 Å². The predicted molar refractivity (Wildman–Crippen MR) is 56.9 cm³/mol. The number of benzene rings is 1. The number of pyridine rings is 1. The smallest absolute Gasteiger partial charge is 0.259 e. The highest BCUT2D eigenvalue weighted by Gasteiger charge is 2.02. The number of nitrogens with zero attached hydrogens (tertiary/aromatic N) is 1. The van der Waals surface area contributed by atoms with E-state index in [0.29, 0.717) is 6.61 Å². The van der Waals surface area contributed by atoms with Gasteiger partial charge >= 0.3 is 0 Å². The van der Waals surface area contributed by atoms with Crippen molar-refractivity contribution in [3.63, 3.8) is 0 Å². The Morgan fingerprint density at radius 2 is 2.06 bits per heavy atom. The van der Waals surface area contributed by atoms with Gasteiger partial charge in [0.15, 0.2) is 0 Å². The van der Waals surface area contributed by atoms with Crippen LogP contribution in [0.25, 0.3) is 16.7 Å². The van der Waals surface area contributed by atoms with Crippen molar-refractivity contribution in [1.82, 2.24) is 0 Å². The summed E-state index contributed by atoms with van der Waals surface area (Å²) in [5, 5.41) is 13.6. The number of hydrogen-bond donors (Lipinski definition) is 1. The Bertz CT molecular complexity index is 622. The van der Waals surface area contributed by atoms with Crippen LogP contribution in [0.15, 0.2) is 36.5 Å². The quantitative estimate of drug-likeness (QED) is 0.729. The van der Waals surface area contributed by atoms with Crippen molar-refractivity contribution < 1.29 is 14.2 Å². The topological polar surface area (TPSA) is 62.0 Å². The summed E-state index contributed by atoms with van der Waals surface area (Å²) in [5.74, 6) is -0.469. The fourth-order valence-electron chi connectivity index (χ4n) is 1.55. The van der Waals surface area contributed by atoms with E-state index in [9.17, 15) is 5.11 Å². The zero-order valence-electron chi connectivity index (χ0n) is 8.93. The Hall–Kier alpha value is -2.10. The van der Waals surface area contributed by atoms with Crippen LogP contribution in [-0.4, -0.2) is 6.61 Å². The fourth-order valence-corrected chi connectivity index (χ4v) is 1.55. The third-order valence-corrected chi connectivity index (χ3v) is 2.30. The molecule has 2 rings (SSSR count). The summed E-state index contributed by atoms with van der Waals surface area (Å²) in [6.07, 6.45) is 1.60. The minimum Gasteiger partial charge on any atom is -0.609 e. The molecule has 4 nitrogen and oxygen atoms in total. The molecule has 16 heavy (non-hydrogen) atoms. The standard InChI is InChI=1S/C12H12N2O2/c1-2-16-12(15)11-7-9-5-3-4-6-10(9)8-14(11)13/h3-8H,2H2,1H3,(H-,13,15). The second-order valence-electron chi connectivity index (χ2n) is 3.38. The second kappa shape index (κ2) is 4.18. The van der Waals surface area contributed by atoms with Crippen LogP contribution in [0.5, 0.6) is 0 Å². The molecule has 2 aromatic rings. The zero-order valence-corrected chi connectivity index (χ0v) is 8.93. The average Bonchev–Trinajstić information content (AvgIpc) is 2.28. The first-order valence-corrected chi connectivity index (χ1v) is 5.05. The number of fused-ring (bicyclic) bond motifs is 1. The minimum absolute atomic E-state index is 0.237. The summed E-state index contributed by atoms with van der Waals surface area (Å²) in [5.41, 5.74) is 7.68. The number of ether oxygens (including phenoxy) is 1. The maximum absolute atomic E-state index is 11.5. The van der Waals surface area contributed by atoms with Crippen molar-refractivity contribution in [3.05, 3.63) is 41.9 Å². The van der Waals surface area contributed by atoms with Crippen LogP contribution in [0.2, 0.25) is 0 Å². The van der Waals surface area contributed by atoms with E-state index in [2.05, 4.69) is 0 Å².